The molecule has 3 aliphatic rings. The molecule has 1 fully saturated rings. The maximum Gasteiger partial charge on any atom is 0.269 e. The van der Waals surface area contributed by atoms with Crippen molar-refractivity contribution in [3.63, 3.8) is 0 Å². The summed E-state index contributed by atoms with van der Waals surface area (Å²) in [6, 6.07) is 18.6. The van der Waals surface area contributed by atoms with E-state index < -0.39 is 10.7 Å². The zero-order valence-electron chi connectivity index (χ0n) is 32.2. The van der Waals surface area contributed by atoms with Crippen molar-refractivity contribution in [1.82, 2.24) is 0 Å². The number of aliphatic hydroxyl groups excluding tert-OH is 2. The number of hydrogen-bond acceptors (Lipinski definition) is 10. The van der Waals surface area contributed by atoms with Crippen LogP contribution in [0.5, 0.6) is 17.2 Å². The molecular weight excluding hydrogens is 717 g/mol. The monoisotopic (exact) mass is 770 g/mol. The van der Waals surface area contributed by atoms with Crippen LogP contribution in [0.15, 0.2) is 90.1 Å². The Balaban J connectivity index is 1.48. The summed E-state index contributed by atoms with van der Waals surface area (Å²) in [5, 5.41) is 35.6. The number of benzene rings is 3. The van der Waals surface area contributed by atoms with Crippen molar-refractivity contribution in [2.24, 2.45) is 22.9 Å². The number of fused-ring (bicyclic) bond motifs is 2. The van der Waals surface area contributed by atoms with E-state index in [1.165, 1.54) is 17.7 Å². The maximum atomic E-state index is 11.2. The number of aliphatic hydroxyl groups is 2. The van der Waals surface area contributed by atoms with Gasteiger partial charge in [0, 0.05) is 43.2 Å². The molecule has 0 radical (unpaired) electrons. The first kappa shape index (κ1) is 40.5. The van der Waals surface area contributed by atoms with Crippen LogP contribution < -0.4 is 9.47 Å². The summed E-state index contributed by atoms with van der Waals surface area (Å²) < 4.78 is 20.7. The quantitative estimate of drug-likeness (QED) is 0.0529. The molecule has 0 bridgehead atoms. The van der Waals surface area contributed by atoms with E-state index in [9.17, 15) is 20.3 Å². The number of allylic oxidation sites excluding steroid dienone is 1. The average Bonchev–Trinajstić information content (AvgIpc) is 3.18. The van der Waals surface area contributed by atoms with Crippen molar-refractivity contribution in [2.75, 3.05) is 25.6 Å². The van der Waals surface area contributed by atoms with Crippen LogP contribution in [0.1, 0.15) is 80.0 Å². The number of non-ortho nitro benzene ring substituents is 1. The topological polar surface area (TPSA) is 133 Å². The van der Waals surface area contributed by atoms with Gasteiger partial charge < -0.3 is 29.3 Å². The Bertz CT molecular complexity index is 1860. The maximum absolute atomic E-state index is 11.2. The molecule has 10 nitrogen and oxygen atoms in total. The molecule has 11 heteroatoms. The summed E-state index contributed by atoms with van der Waals surface area (Å²) in [6.45, 7) is 11.0. The molecule has 1 saturated carbocycles. The third-order valence-electron chi connectivity index (χ3n) is 11.3. The molecule has 6 atom stereocenters. The third kappa shape index (κ3) is 8.96. The number of nitro groups is 1. The van der Waals surface area contributed by atoms with E-state index >= 15 is 0 Å². The fraction of sp³-hybridized carbons (Fsp3) is 0.477. The summed E-state index contributed by atoms with van der Waals surface area (Å²) in [5.74, 6) is 2.11. The third-order valence-corrected chi connectivity index (χ3v) is 12.5. The first-order valence-electron chi connectivity index (χ1n) is 19.5. The van der Waals surface area contributed by atoms with Crippen molar-refractivity contribution in [1.29, 1.82) is 0 Å². The van der Waals surface area contributed by atoms with E-state index in [1.807, 2.05) is 18.2 Å². The molecule has 0 spiro atoms. The van der Waals surface area contributed by atoms with Gasteiger partial charge in [0.15, 0.2) is 0 Å². The van der Waals surface area contributed by atoms with E-state index in [-0.39, 0.29) is 54.4 Å². The first-order chi connectivity index (χ1) is 26.7. The van der Waals surface area contributed by atoms with Gasteiger partial charge in [0.25, 0.3) is 5.69 Å². The van der Waals surface area contributed by atoms with E-state index in [1.54, 1.807) is 30.0 Å². The van der Waals surface area contributed by atoms with Gasteiger partial charge in [-0.3, -0.25) is 10.1 Å². The Morgan fingerprint density at radius 2 is 1.73 bits per heavy atom. The van der Waals surface area contributed by atoms with Crippen molar-refractivity contribution in [3.05, 3.63) is 117 Å². The number of oxime groups is 1. The lowest BCUT2D eigenvalue weighted by molar-refractivity contribution is -0.384. The fourth-order valence-corrected chi connectivity index (χ4v) is 9.73. The molecule has 0 saturated heterocycles. The second kappa shape index (κ2) is 18.7. The number of hydrogen-bond donors (Lipinski definition) is 2. The van der Waals surface area contributed by atoms with Crippen LogP contribution >= 0.6 is 11.8 Å². The Kier molecular flexibility index (Phi) is 13.7. The van der Waals surface area contributed by atoms with Crippen LogP contribution in [0.2, 0.25) is 0 Å². The molecule has 0 unspecified atom stereocenters. The van der Waals surface area contributed by atoms with Crippen LogP contribution in [-0.2, 0) is 16.2 Å². The van der Waals surface area contributed by atoms with Crippen LogP contribution in [0.4, 0.5) is 5.69 Å². The van der Waals surface area contributed by atoms with Gasteiger partial charge in [0.1, 0.15) is 23.9 Å². The molecule has 2 N–H and O–H groups in total. The van der Waals surface area contributed by atoms with Crippen molar-refractivity contribution in [2.45, 2.75) is 89.3 Å². The van der Waals surface area contributed by atoms with Crippen molar-refractivity contribution >= 4 is 23.2 Å². The number of rotatable bonds is 19. The lowest BCUT2D eigenvalue weighted by Crippen LogP contribution is -2.64. The van der Waals surface area contributed by atoms with Gasteiger partial charge in [0.2, 0.25) is 5.79 Å². The van der Waals surface area contributed by atoms with E-state index in [0.717, 1.165) is 76.7 Å². The fourth-order valence-electron chi connectivity index (χ4n) is 8.55. The number of ether oxygens (including phenoxy) is 3. The largest absolute Gasteiger partial charge is 0.460 e. The molecule has 55 heavy (non-hydrogen) atoms. The lowest BCUT2D eigenvalue weighted by Gasteiger charge is -2.58. The van der Waals surface area contributed by atoms with Crippen molar-refractivity contribution in [3.8, 4) is 17.2 Å². The molecular formula is C44H54N2O8S. The predicted octanol–water partition coefficient (Wildman–Crippen LogP) is 9.59. The second-order valence-electron chi connectivity index (χ2n) is 14.7. The van der Waals surface area contributed by atoms with Crippen LogP contribution in [0.3, 0.4) is 0 Å². The Labute approximate surface area is 328 Å². The average molecular weight is 771 g/mol. The molecule has 0 amide bonds. The lowest BCUT2D eigenvalue weighted by atomic mass is 9.56. The van der Waals surface area contributed by atoms with E-state index in [0.29, 0.717) is 25.9 Å². The van der Waals surface area contributed by atoms with E-state index in [4.69, 9.17) is 24.2 Å². The normalized spacial score (nSPS) is 24.6. The van der Waals surface area contributed by atoms with Crippen LogP contribution in [-0.4, -0.2) is 57.5 Å². The minimum absolute atomic E-state index is 0.0249. The molecule has 1 heterocycles. The Morgan fingerprint density at radius 3 is 2.42 bits per heavy atom. The smallest absolute Gasteiger partial charge is 0.269 e. The number of nitro benzene ring substituents is 1. The summed E-state index contributed by atoms with van der Waals surface area (Å²) >= 11 is 1.79. The van der Waals surface area contributed by atoms with E-state index in [2.05, 4.69) is 51.6 Å². The summed E-state index contributed by atoms with van der Waals surface area (Å²) in [4.78, 5) is 16.9. The van der Waals surface area contributed by atoms with Gasteiger partial charge in [0.05, 0.1) is 28.4 Å². The molecule has 6 rings (SSSR count). The molecule has 2 aliphatic carbocycles. The molecule has 294 valence electrons. The van der Waals surface area contributed by atoms with Gasteiger partial charge in [-0.2, -0.15) is 11.8 Å². The van der Waals surface area contributed by atoms with Crippen LogP contribution in [0.25, 0.3) is 0 Å². The van der Waals surface area contributed by atoms with Gasteiger partial charge in [-0.25, -0.2) is 0 Å². The molecule has 3 aromatic rings. The number of nitrogens with zero attached hydrogens (tertiary/aromatic N) is 2. The predicted molar refractivity (Wildman–Crippen MR) is 217 cm³/mol. The van der Waals surface area contributed by atoms with Gasteiger partial charge in [-0.05, 0) is 122 Å². The zero-order valence-corrected chi connectivity index (χ0v) is 33.0. The van der Waals surface area contributed by atoms with Crippen LogP contribution in [0, 0.1) is 41.7 Å². The standard InChI is InChI=1S/C44H54N2O8S/c1-5-23-51-44-41(55-6-2)27-39(45-52-28-31-14-16-33(17-15-31)46(49)50)37-25-32(11-7-9-21-47)36(12-8-10-22-48)42(43(37)44)38-26-35(19-20-40(38)54-44)53-34-18-13-29(3)30(4)24-34/h5,13-20,24-26,32,36,41-43,47-48H,1,6-12,21-23,27-28H2,2-4H3/t32-,36+,41-,42+,43+,44+/m0/s1. The Morgan fingerprint density at radius 1 is 1.00 bits per heavy atom. The Hall–Kier alpha value is -4.16. The summed E-state index contributed by atoms with van der Waals surface area (Å²) in [5.41, 5.74) is 6.11. The minimum Gasteiger partial charge on any atom is -0.460 e. The molecule has 1 aliphatic heterocycles. The second-order valence-corrected chi connectivity index (χ2v) is 16.2. The summed E-state index contributed by atoms with van der Waals surface area (Å²) in [7, 11) is 0. The zero-order chi connectivity index (χ0) is 39.0. The number of thioether (sulfide) groups is 1. The highest BCUT2D eigenvalue weighted by Crippen LogP contribution is 2.62. The van der Waals surface area contributed by atoms with Crippen molar-refractivity contribution < 1.29 is 34.2 Å². The highest BCUT2D eigenvalue weighted by Gasteiger charge is 2.63. The van der Waals surface area contributed by atoms with Gasteiger partial charge >= 0.3 is 0 Å². The number of unbranched alkanes of at least 4 members (excludes halogenated alkanes) is 2. The van der Waals surface area contributed by atoms with Gasteiger partial charge in [-0.1, -0.05) is 43.1 Å². The van der Waals surface area contributed by atoms with Gasteiger partial charge in [-0.15, -0.1) is 6.58 Å². The SMILES string of the molecule is C=CCO[C@@]12Oc3ccc(Oc4ccc(C)c(C)c4)cc3[C@H]3[C@H](CCCCO)[C@@H](CCCCO)C=C(C(=NOCc4ccc([N+](=O)[O-])cc4)C[C@@H]1SCC)[C@H]32. The highest BCUT2D eigenvalue weighted by molar-refractivity contribution is 8.00. The minimum atomic E-state index is -1.03. The molecule has 3 aromatic carbocycles. The first-order valence-corrected chi connectivity index (χ1v) is 20.6. The highest BCUT2D eigenvalue weighted by atomic mass is 32.2. The number of aryl methyl sites for hydroxylation is 2. The summed E-state index contributed by atoms with van der Waals surface area (Å²) in [6.07, 6.45) is 9.63. The molecule has 0 aromatic heterocycles.